The van der Waals surface area contributed by atoms with E-state index in [4.69, 9.17) is 9.90 Å². The molecule has 0 radical (unpaired) electrons. The maximum absolute atomic E-state index is 12.8. The number of rotatable bonds is 3. The highest BCUT2D eigenvalue weighted by Crippen LogP contribution is 2.33. The summed E-state index contributed by atoms with van der Waals surface area (Å²) in [6.07, 6.45) is 1.08. The number of carbonyl (C=O) groups is 2. The largest absolute Gasteiger partial charge is 0.490 e. The molecule has 2 aliphatic rings. The van der Waals surface area contributed by atoms with Crippen LogP contribution in [0.4, 0.5) is 13.2 Å². The van der Waals surface area contributed by atoms with E-state index in [0.29, 0.717) is 12.1 Å². The first-order valence-electron chi connectivity index (χ1n) is 9.54. The van der Waals surface area contributed by atoms with Crippen molar-refractivity contribution in [1.29, 1.82) is 0 Å². The summed E-state index contributed by atoms with van der Waals surface area (Å²) in [6, 6.07) is 10.5. The fourth-order valence-electron chi connectivity index (χ4n) is 4.06. The molecule has 1 N–H and O–H groups in total. The van der Waals surface area contributed by atoms with Crippen LogP contribution in [-0.2, 0) is 18.4 Å². The van der Waals surface area contributed by atoms with Crippen LogP contribution in [0.3, 0.4) is 0 Å². The molecule has 7 nitrogen and oxygen atoms in total. The zero-order valence-electron chi connectivity index (χ0n) is 16.4. The lowest BCUT2D eigenvalue weighted by Crippen LogP contribution is -2.39. The zero-order chi connectivity index (χ0) is 21.9. The molecule has 162 valence electrons. The van der Waals surface area contributed by atoms with Gasteiger partial charge in [-0.05, 0) is 25.0 Å². The van der Waals surface area contributed by atoms with E-state index >= 15 is 0 Å². The van der Waals surface area contributed by atoms with Crippen molar-refractivity contribution in [3.05, 3.63) is 53.9 Å². The minimum absolute atomic E-state index is 0.182. The van der Waals surface area contributed by atoms with Gasteiger partial charge in [-0.3, -0.25) is 14.4 Å². The topological polar surface area (TPSA) is 78.7 Å². The van der Waals surface area contributed by atoms with Crippen LogP contribution in [0.5, 0.6) is 0 Å². The predicted molar refractivity (Wildman–Crippen MR) is 102 cm³/mol. The minimum Gasteiger partial charge on any atom is -0.475 e. The van der Waals surface area contributed by atoms with Gasteiger partial charge in [0.2, 0.25) is 0 Å². The van der Waals surface area contributed by atoms with Gasteiger partial charge in [0, 0.05) is 56.1 Å². The number of alkyl halides is 3. The van der Waals surface area contributed by atoms with Crippen molar-refractivity contribution in [2.24, 2.45) is 7.05 Å². The van der Waals surface area contributed by atoms with Crippen molar-refractivity contribution in [3.8, 4) is 0 Å². The predicted octanol–water partition coefficient (Wildman–Crippen LogP) is 2.54. The van der Waals surface area contributed by atoms with E-state index in [1.165, 1.54) is 5.56 Å². The number of amides is 1. The van der Waals surface area contributed by atoms with Crippen molar-refractivity contribution in [3.63, 3.8) is 0 Å². The van der Waals surface area contributed by atoms with E-state index in [2.05, 4.69) is 21.1 Å². The Bertz CT molecular complexity index is 885. The van der Waals surface area contributed by atoms with Gasteiger partial charge < -0.3 is 10.0 Å². The number of likely N-dealkylation sites (tertiary alicyclic amines) is 2. The van der Waals surface area contributed by atoms with E-state index in [-0.39, 0.29) is 5.91 Å². The molecule has 0 bridgehead atoms. The molecule has 0 saturated carbocycles. The maximum atomic E-state index is 12.8. The first-order valence-corrected chi connectivity index (χ1v) is 9.54. The SMILES string of the molecule is Cn1cc(CN2CC[C@@H]3[C@@H]2CCN3C(=O)c2ccccc2)cn1.O=C(O)C(F)(F)F. The number of fused-ring (bicyclic) bond motifs is 1. The molecule has 0 spiro atoms. The summed E-state index contributed by atoms with van der Waals surface area (Å²) < 4.78 is 33.6. The molecular formula is C20H23F3N4O3. The van der Waals surface area contributed by atoms with Crippen LogP contribution in [0.1, 0.15) is 28.8 Å². The molecule has 2 fully saturated rings. The van der Waals surface area contributed by atoms with E-state index in [1.807, 2.05) is 48.3 Å². The van der Waals surface area contributed by atoms with E-state index in [0.717, 1.165) is 38.0 Å². The fraction of sp³-hybridized carbons (Fsp3) is 0.450. The Kier molecular flexibility index (Phi) is 6.45. The number of carboxylic acid groups (broad SMARTS) is 1. The van der Waals surface area contributed by atoms with Crippen molar-refractivity contribution in [2.45, 2.75) is 37.6 Å². The Balaban J connectivity index is 0.000000318. The smallest absolute Gasteiger partial charge is 0.475 e. The van der Waals surface area contributed by atoms with Gasteiger partial charge in [0.1, 0.15) is 0 Å². The van der Waals surface area contributed by atoms with Crippen molar-refractivity contribution >= 4 is 11.9 Å². The molecular weight excluding hydrogens is 401 g/mol. The quantitative estimate of drug-likeness (QED) is 0.819. The number of aryl methyl sites for hydroxylation is 1. The molecule has 4 rings (SSSR count). The zero-order valence-corrected chi connectivity index (χ0v) is 16.4. The first-order chi connectivity index (χ1) is 14.2. The number of benzene rings is 1. The highest BCUT2D eigenvalue weighted by atomic mass is 19.4. The average molecular weight is 424 g/mol. The van der Waals surface area contributed by atoms with Gasteiger partial charge >= 0.3 is 12.1 Å². The normalized spacial score (nSPS) is 21.1. The Morgan fingerprint density at radius 3 is 2.33 bits per heavy atom. The number of carbonyl (C=O) groups excluding carboxylic acids is 1. The lowest BCUT2D eigenvalue weighted by molar-refractivity contribution is -0.192. The molecule has 1 aromatic heterocycles. The summed E-state index contributed by atoms with van der Waals surface area (Å²) >= 11 is 0. The van der Waals surface area contributed by atoms with Gasteiger partial charge in [0.15, 0.2) is 0 Å². The van der Waals surface area contributed by atoms with E-state index < -0.39 is 12.1 Å². The second-order valence-corrected chi connectivity index (χ2v) is 7.37. The number of nitrogens with zero attached hydrogens (tertiary/aromatic N) is 4. The van der Waals surface area contributed by atoms with E-state index in [9.17, 15) is 18.0 Å². The van der Waals surface area contributed by atoms with Crippen molar-refractivity contribution in [2.75, 3.05) is 13.1 Å². The molecule has 2 saturated heterocycles. The number of aromatic nitrogens is 2. The molecule has 3 heterocycles. The fourth-order valence-corrected chi connectivity index (χ4v) is 4.06. The molecule has 2 aromatic rings. The molecule has 2 atom stereocenters. The summed E-state index contributed by atoms with van der Waals surface area (Å²) in [7, 11) is 1.95. The third kappa shape index (κ3) is 4.99. The minimum atomic E-state index is -5.08. The maximum Gasteiger partial charge on any atom is 0.490 e. The number of carboxylic acids is 1. The van der Waals surface area contributed by atoms with Crippen molar-refractivity contribution in [1.82, 2.24) is 19.6 Å². The molecule has 30 heavy (non-hydrogen) atoms. The van der Waals surface area contributed by atoms with Gasteiger partial charge in [0.25, 0.3) is 5.91 Å². The number of hydrogen-bond donors (Lipinski definition) is 1. The highest BCUT2D eigenvalue weighted by Gasteiger charge is 2.44. The van der Waals surface area contributed by atoms with Crippen LogP contribution in [0.25, 0.3) is 0 Å². The van der Waals surface area contributed by atoms with Gasteiger partial charge in [-0.2, -0.15) is 18.3 Å². The van der Waals surface area contributed by atoms with E-state index in [1.54, 1.807) is 0 Å². The third-order valence-corrected chi connectivity index (χ3v) is 5.36. The Hall–Kier alpha value is -2.88. The second-order valence-electron chi connectivity index (χ2n) is 7.37. The first kappa shape index (κ1) is 21.8. The van der Waals surface area contributed by atoms with Crippen LogP contribution < -0.4 is 0 Å². The Labute approximate surface area is 171 Å². The van der Waals surface area contributed by atoms with Gasteiger partial charge in [-0.15, -0.1) is 0 Å². The van der Waals surface area contributed by atoms with Crippen LogP contribution in [0.2, 0.25) is 0 Å². The van der Waals surface area contributed by atoms with Crippen LogP contribution in [0, 0.1) is 0 Å². The molecule has 0 aliphatic carbocycles. The molecule has 10 heteroatoms. The standard InChI is InChI=1S/C18H22N4O.C2HF3O2/c1-20-12-14(11-19-20)13-21-9-7-17-16(21)8-10-22(17)18(23)15-5-3-2-4-6-15;3-2(4,5)1(6)7/h2-6,11-12,16-17H,7-10,13H2,1H3;(H,6,7)/t16-,17+;/m0./s1. The molecule has 0 unspecified atom stereocenters. The summed E-state index contributed by atoms with van der Waals surface area (Å²) in [4.78, 5) is 26.2. The summed E-state index contributed by atoms with van der Waals surface area (Å²) in [5, 5.41) is 11.4. The van der Waals surface area contributed by atoms with Gasteiger partial charge in [-0.1, -0.05) is 18.2 Å². The lowest BCUT2D eigenvalue weighted by atomic mass is 10.1. The summed E-state index contributed by atoms with van der Waals surface area (Å²) in [5.74, 6) is -2.58. The van der Waals surface area contributed by atoms with Crippen LogP contribution in [-0.4, -0.2) is 67.9 Å². The van der Waals surface area contributed by atoms with Gasteiger partial charge in [-0.25, -0.2) is 4.79 Å². The molecule has 1 aromatic carbocycles. The Morgan fingerprint density at radius 1 is 1.13 bits per heavy atom. The third-order valence-electron chi connectivity index (χ3n) is 5.36. The number of halogens is 3. The molecule has 1 amide bonds. The number of aliphatic carboxylic acids is 1. The summed E-state index contributed by atoms with van der Waals surface area (Å²) in [5.41, 5.74) is 2.06. The summed E-state index contributed by atoms with van der Waals surface area (Å²) in [6.45, 7) is 2.86. The lowest BCUT2D eigenvalue weighted by Gasteiger charge is -2.25. The van der Waals surface area contributed by atoms with Crippen molar-refractivity contribution < 1.29 is 27.9 Å². The number of hydrogen-bond acceptors (Lipinski definition) is 4. The van der Waals surface area contributed by atoms with Crippen LogP contribution >= 0.6 is 0 Å². The monoisotopic (exact) mass is 424 g/mol. The Morgan fingerprint density at radius 2 is 1.77 bits per heavy atom. The van der Waals surface area contributed by atoms with Crippen LogP contribution in [0.15, 0.2) is 42.7 Å². The average Bonchev–Trinajstić information content (AvgIpc) is 3.40. The van der Waals surface area contributed by atoms with Gasteiger partial charge in [0.05, 0.1) is 6.20 Å². The highest BCUT2D eigenvalue weighted by molar-refractivity contribution is 5.94. The molecule has 2 aliphatic heterocycles. The second kappa shape index (κ2) is 8.86.